The second-order valence-corrected chi connectivity index (χ2v) is 11.3. The minimum absolute atomic E-state index is 0.0916. The number of fused-ring (bicyclic) bond motifs is 3. The molecule has 3 aliphatic rings. The third kappa shape index (κ3) is 3.66. The molecule has 0 radical (unpaired) electrons. The number of hydrogen-bond acceptors (Lipinski definition) is 5. The smallest absolute Gasteiger partial charge is 0.323 e. The van der Waals surface area contributed by atoms with Gasteiger partial charge in [-0.15, -0.1) is 0 Å². The van der Waals surface area contributed by atoms with Crippen LogP contribution in [0.25, 0.3) is 10.2 Å². The van der Waals surface area contributed by atoms with E-state index >= 15 is 0 Å². The number of amides is 2. The average Bonchev–Trinajstić information content (AvgIpc) is 3.44. The Morgan fingerprint density at radius 3 is 2.44 bits per heavy atom. The molecule has 3 aliphatic heterocycles. The summed E-state index contributed by atoms with van der Waals surface area (Å²) in [7, 11) is 3.69. The molecular weight excluding hydrogens is 442 g/mol. The molecule has 6 nitrogen and oxygen atoms in total. The number of piperidine rings is 2. The van der Waals surface area contributed by atoms with Crippen molar-refractivity contribution in [3.8, 4) is 0 Å². The highest BCUT2D eigenvalue weighted by Gasteiger charge is 2.47. The van der Waals surface area contributed by atoms with E-state index in [0.717, 1.165) is 56.8 Å². The number of thiazole rings is 1. The zero-order valence-corrected chi connectivity index (χ0v) is 20.9. The second kappa shape index (κ2) is 8.54. The van der Waals surface area contributed by atoms with Crippen LogP contribution in [-0.4, -0.2) is 73.7 Å². The van der Waals surface area contributed by atoms with Crippen molar-refractivity contribution in [3.05, 3.63) is 54.1 Å². The zero-order valence-electron chi connectivity index (χ0n) is 20.1. The van der Waals surface area contributed by atoms with Gasteiger partial charge in [0, 0.05) is 50.9 Å². The molecule has 0 bridgehead atoms. The van der Waals surface area contributed by atoms with Gasteiger partial charge in [0.2, 0.25) is 0 Å². The fourth-order valence-electron chi connectivity index (χ4n) is 6.20. The Kier molecular flexibility index (Phi) is 5.49. The molecule has 0 saturated carbocycles. The largest absolute Gasteiger partial charge is 0.348 e. The van der Waals surface area contributed by atoms with E-state index in [9.17, 15) is 4.79 Å². The molecule has 2 aromatic carbocycles. The lowest BCUT2D eigenvalue weighted by atomic mass is 9.74. The van der Waals surface area contributed by atoms with Gasteiger partial charge in [0.05, 0.1) is 10.2 Å². The van der Waals surface area contributed by atoms with Crippen molar-refractivity contribution in [1.29, 1.82) is 0 Å². The van der Waals surface area contributed by atoms with Crippen molar-refractivity contribution >= 4 is 38.4 Å². The molecule has 34 heavy (non-hydrogen) atoms. The first kappa shape index (κ1) is 21.9. The van der Waals surface area contributed by atoms with Gasteiger partial charge >= 0.3 is 6.03 Å². The summed E-state index contributed by atoms with van der Waals surface area (Å²) >= 11 is 1.82. The number of carbonyl (C=O) groups is 1. The number of para-hydroxylation sites is 2. The Balaban J connectivity index is 1.11. The summed E-state index contributed by atoms with van der Waals surface area (Å²) in [5, 5.41) is 1.17. The maximum atomic E-state index is 12.9. The number of anilines is 2. The van der Waals surface area contributed by atoms with Crippen molar-refractivity contribution < 1.29 is 4.79 Å². The van der Waals surface area contributed by atoms with E-state index in [1.165, 1.54) is 28.2 Å². The molecule has 1 aromatic heterocycles. The number of rotatable bonds is 2. The molecule has 0 N–H and O–H groups in total. The van der Waals surface area contributed by atoms with E-state index in [0.29, 0.717) is 6.04 Å². The third-order valence-electron chi connectivity index (χ3n) is 8.13. The summed E-state index contributed by atoms with van der Waals surface area (Å²) in [6, 6.07) is 17.8. The van der Waals surface area contributed by atoms with Crippen molar-refractivity contribution in [2.45, 2.75) is 37.1 Å². The summed E-state index contributed by atoms with van der Waals surface area (Å²) in [4.78, 5) is 26.7. The van der Waals surface area contributed by atoms with Gasteiger partial charge in [0.1, 0.15) is 0 Å². The quantitative estimate of drug-likeness (QED) is 0.534. The van der Waals surface area contributed by atoms with Gasteiger partial charge in [0.25, 0.3) is 0 Å². The molecule has 4 heterocycles. The minimum atomic E-state index is 0.0916. The van der Waals surface area contributed by atoms with Gasteiger partial charge in [-0.2, -0.15) is 0 Å². The van der Waals surface area contributed by atoms with E-state index in [-0.39, 0.29) is 11.4 Å². The normalized spacial score (nSPS) is 20.8. The molecule has 2 fully saturated rings. The summed E-state index contributed by atoms with van der Waals surface area (Å²) in [6.07, 6.45) is 4.65. The molecule has 1 spiro atoms. The number of nitrogens with zero attached hydrogens (tertiary/aromatic N) is 5. The van der Waals surface area contributed by atoms with Gasteiger partial charge in [0.15, 0.2) is 5.13 Å². The van der Waals surface area contributed by atoms with E-state index in [1.807, 2.05) is 30.3 Å². The number of carbonyl (C=O) groups excluding carboxylic acids is 1. The van der Waals surface area contributed by atoms with Crippen LogP contribution in [0.2, 0.25) is 0 Å². The van der Waals surface area contributed by atoms with E-state index in [4.69, 9.17) is 4.98 Å². The van der Waals surface area contributed by atoms with Crippen LogP contribution in [0.4, 0.5) is 15.6 Å². The Hall–Kier alpha value is -2.64. The summed E-state index contributed by atoms with van der Waals surface area (Å²) in [5.74, 6) is 0. The number of aromatic nitrogens is 1. The fraction of sp³-hybridized carbons (Fsp3) is 0.481. The second-order valence-electron chi connectivity index (χ2n) is 10.3. The van der Waals surface area contributed by atoms with Gasteiger partial charge in [-0.05, 0) is 62.5 Å². The van der Waals surface area contributed by atoms with Crippen molar-refractivity contribution in [3.63, 3.8) is 0 Å². The van der Waals surface area contributed by atoms with Crippen LogP contribution in [0.5, 0.6) is 0 Å². The fourth-order valence-corrected chi connectivity index (χ4v) is 7.22. The highest BCUT2D eigenvalue weighted by atomic mass is 32.1. The van der Waals surface area contributed by atoms with Gasteiger partial charge in [-0.25, -0.2) is 9.78 Å². The molecule has 2 saturated heterocycles. The number of benzene rings is 2. The Morgan fingerprint density at radius 2 is 1.71 bits per heavy atom. The van der Waals surface area contributed by atoms with Crippen LogP contribution in [0.15, 0.2) is 48.5 Å². The van der Waals surface area contributed by atoms with Crippen molar-refractivity contribution in [1.82, 2.24) is 14.8 Å². The Labute approximate surface area is 205 Å². The lowest BCUT2D eigenvalue weighted by Gasteiger charge is -2.45. The number of urea groups is 1. The lowest BCUT2D eigenvalue weighted by molar-refractivity contribution is 0.104. The van der Waals surface area contributed by atoms with Crippen molar-refractivity contribution in [2.24, 2.45) is 0 Å². The monoisotopic (exact) mass is 475 g/mol. The standard InChI is InChI=1S/C27H33N5OS/c1-29(2)26(33)32-19-27(21-7-3-5-9-23(21)32)13-17-30(18-14-27)20-11-15-31(16-12-20)25-28-22-8-4-6-10-24(22)34-25/h3-10,20H,11-19H2,1-2H3. The van der Waals surface area contributed by atoms with Gasteiger partial charge < -0.3 is 14.7 Å². The van der Waals surface area contributed by atoms with Crippen LogP contribution in [-0.2, 0) is 5.41 Å². The summed E-state index contributed by atoms with van der Waals surface area (Å²) in [6.45, 7) is 5.21. The molecule has 0 atom stereocenters. The van der Waals surface area contributed by atoms with Gasteiger partial charge in [-0.3, -0.25) is 4.90 Å². The van der Waals surface area contributed by atoms with E-state index in [2.05, 4.69) is 58.3 Å². The maximum absolute atomic E-state index is 12.9. The molecule has 7 heteroatoms. The number of likely N-dealkylation sites (tertiary alicyclic amines) is 1. The topological polar surface area (TPSA) is 42.9 Å². The predicted molar refractivity (Wildman–Crippen MR) is 140 cm³/mol. The Morgan fingerprint density at radius 1 is 1.00 bits per heavy atom. The van der Waals surface area contributed by atoms with Crippen LogP contribution in [0.3, 0.4) is 0 Å². The lowest BCUT2D eigenvalue weighted by Crippen LogP contribution is -2.52. The molecule has 6 rings (SSSR count). The van der Waals surface area contributed by atoms with Crippen LogP contribution >= 0.6 is 11.3 Å². The van der Waals surface area contributed by atoms with Crippen LogP contribution in [0, 0.1) is 0 Å². The van der Waals surface area contributed by atoms with Crippen LogP contribution in [0.1, 0.15) is 31.2 Å². The van der Waals surface area contributed by atoms with Crippen LogP contribution < -0.4 is 9.80 Å². The number of hydrogen-bond donors (Lipinski definition) is 0. The first-order chi connectivity index (χ1) is 16.5. The maximum Gasteiger partial charge on any atom is 0.323 e. The molecule has 178 valence electrons. The SMILES string of the molecule is CN(C)C(=O)N1CC2(CCN(C3CCN(c4nc5ccccc5s4)CC3)CC2)c2ccccc21. The third-order valence-corrected chi connectivity index (χ3v) is 9.23. The highest BCUT2D eigenvalue weighted by molar-refractivity contribution is 7.22. The minimum Gasteiger partial charge on any atom is -0.348 e. The average molecular weight is 476 g/mol. The molecule has 2 amide bonds. The van der Waals surface area contributed by atoms with Gasteiger partial charge in [-0.1, -0.05) is 41.7 Å². The molecular formula is C27H33N5OS. The first-order valence-electron chi connectivity index (χ1n) is 12.5. The van der Waals surface area contributed by atoms with Crippen molar-refractivity contribution in [2.75, 3.05) is 56.6 Å². The van der Waals surface area contributed by atoms with E-state index in [1.54, 1.807) is 4.90 Å². The predicted octanol–water partition coefficient (Wildman–Crippen LogP) is 4.80. The van der Waals surface area contributed by atoms with E-state index < -0.39 is 0 Å². The molecule has 3 aromatic rings. The molecule has 0 unspecified atom stereocenters. The highest BCUT2D eigenvalue weighted by Crippen LogP contribution is 2.47. The Bertz CT molecular complexity index is 1160. The summed E-state index contributed by atoms with van der Waals surface area (Å²) < 4.78 is 1.28. The first-order valence-corrected chi connectivity index (χ1v) is 13.3. The molecule has 0 aliphatic carbocycles. The zero-order chi connectivity index (χ0) is 23.3. The summed E-state index contributed by atoms with van der Waals surface area (Å²) in [5.41, 5.74) is 3.69.